The van der Waals surface area contributed by atoms with E-state index >= 15 is 0 Å². The quantitative estimate of drug-likeness (QED) is 0.604. The monoisotopic (exact) mass is 204 g/mol. The molecule has 0 spiro atoms. The molecule has 0 unspecified atom stereocenters. The maximum atomic E-state index is 10.6. The van der Waals surface area contributed by atoms with E-state index in [1.165, 1.54) is 6.07 Å². The lowest BCUT2D eigenvalue weighted by Crippen LogP contribution is -1.87. The predicted octanol–water partition coefficient (Wildman–Crippen LogP) is 2.95. The van der Waals surface area contributed by atoms with Gasteiger partial charge < -0.3 is 4.98 Å². The fourth-order valence-corrected chi connectivity index (χ4v) is 1.94. The summed E-state index contributed by atoms with van der Waals surface area (Å²) >= 11 is 0. The molecule has 0 amide bonds. The molecule has 0 saturated carbocycles. The number of rotatable bonds is 2. The van der Waals surface area contributed by atoms with Gasteiger partial charge in [-0.2, -0.15) is 0 Å². The van der Waals surface area contributed by atoms with Gasteiger partial charge in [0.15, 0.2) is 0 Å². The molecule has 0 atom stereocenters. The first-order chi connectivity index (χ1) is 7.13. The maximum absolute atomic E-state index is 10.6. The van der Waals surface area contributed by atoms with Gasteiger partial charge in [-0.25, -0.2) is 0 Å². The van der Waals surface area contributed by atoms with Gasteiger partial charge in [0.1, 0.15) is 0 Å². The lowest BCUT2D eigenvalue weighted by atomic mass is 10.1. The highest BCUT2D eigenvalue weighted by Gasteiger charge is 2.11. The number of nitrogens with zero attached hydrogens (tertiary/aromatic N) is 1. The van der Waals surface area contributed by atoms with Crippen molar-refractivity contribution in [1.29, 1.82) is 0 Å². The summed E-state index contributed by atoms with van der Waals surface area (Å²) in [5.41, 5.74) is 3.37. The van der Waals surface area contributed by atoms with Gasteiger partial charge in [-0.05, 0) is 25.0 Å². The lowest BCUT2D eigenvalue weighted by Gasteiger charge is -1.95. The largest absolute Gasteiger partial charge is 0.358 e. The minimum atomic E-state index is -0.360. The first-order valence-corrected chi connectivity index (χ1v) is 4.89. The molecule has 0 bridgehead atoms. The van der Waals surface area contributed by atoms with Gasteiger partial charge in [0, 0.05) is 28.7 Å². The predicted molar refractivity (Wildman–Crippen MR) is 59.1 cm³/mol. The average molecular weight is 204 g/mol. The first kappa shape index (κ1) is 9.71. The van der Waals surface area contributed by atoms with Crippen molar-refractivity contribution in [2.45, 2.75) is 20.3 Å². The van der Waals surface area contributed by atoms with Crippen LogP contribution in [0.15, 0.2) is 18.2 Å². The van der Waals surface area contributed by atoms with Crippen molar-refractivity contribution in [3.63, 3.8) is 0 Å². The lowest BCUT2D eigenvalue weighted by molar-refractivity contribution is -0.384. The number of aryl methyl sites for hydroxylation is 2. The Morgan fingerprint density at radius 1 is 1.47 bits per heavy atom. The van der Waals surface area contributed by atoms with E-state index in [-0.39, 0.29) is 10.6 Å². The zero-order valence-electron chi connectivity index (χ0n) is 8.70. The summed E-state index contributed by atoms with van der Waals surface area (Å²) in [5, 5.41) is 11.6. The van der Waals surface area contributed by atoms with Crippen LogP contribution >= 0.6 is 0 Å². The number of nitrogens with one attached hydrogen (secondary N) is 1. The van der Waals surface area contributed by atoms with E-state index in [0.29, 0.717) is 0 Å². The fourth-order valence-electron chi connectivity index (χ4n) is 1.94. The van der Waals surface area contributed by atoms with E-state index in [1.807, 2.05) is 6.92 Å². The number of fused-ring (bicyclic) bond motifs is 1. The summed E-state index contributed by atoms with van der Waals surface area (Å²) in [5.74, 6) is 0. The Bertz CT molecular complexity index is 529. The Balaban J connectivity index is 2.73. The number of non-ortho nitro benzene ring substituents is 1. The minimum Gasteiger partial charge on any atom is -0.358 e. The molecule has 2 rings (SSSR count). The fraction of sp³-hybridized carbons (Fsp3) is 0.273. The number of hydrogen-bond donors (Lipinski definition) is 1. The molecule has 2 aromatic rings. The Hall–Kier alpha value is -1.84. The van der Waals surface area contributed by atoms with Crippen LogP contribution in [0.1, 0.15) is 18.2 Å². The summed E-state index contributed by atoms with van der Waals surface area (Å²) in [6.07, 6.45) is 0.882. The SMILES string of the molecule is CCc1c(C)[nH]c2ccc([N+](=O)[O-])cc12. The van der Waals surface area contributed by atoms with Gasteiger partial charge >= 0.3 is 0 Å². The zero-order chi connectivity index (χ0) is 11.0. The summed E-state index contributed by atoms with van der Waals surface area (Å²) < 4.78 is 0. The Morgan fingerprint density at radius 3 is 2.80 bits per heavy atom. The van der Waals surface area contributed by atoms with Gasteiger partial charge in [0.2, 0.25) is 0 Å². The Kier molecular flexibility index (Phi) is 2.19. The smallest absolute Gasteiger partial charge is 0.270 e. The normalized spacial score (nSPS) is 10.8. The number of nitro benzene ring substituents is 1. The van der Waals surface area contributed by atoms with E-state index in [4.69, 9.17) is 0 Å². The van der Waals surface area contributed by atoms with Crippen LogP contribution in [0.5, 0.6) is 0 Å². The summed E-state index contributed by atoms with van der Waals surface area (Å²) in [7, 11) is 0. The second-order valence-electron chi connectivity index (χ2n) is 3.57. The number of hydrogen-bond acceptors (Lipinski definition) is 2. The molecule has 4 nitrogen and oxygen atoms in total. The molecule has 0 radical (unpaired) electrons. The van der Waals surface area contributed by atoms with E-state index in [1.54, 1.807) is 12.1 Å². The second kappa shape index (κ2) is 3.38. The van der Waals surface area contributed by atoms with Crippen LogP contribution in [0.25, 0.3) is 10.9 Å². The van der Waals surface area contributed by atoms with Crippen LogP contribution in [0.2, 0.25) is 0 Å². The van der Waals surface area contributed by atoms with E-state index in [0.717, 1.165) is 28.6 Å². The molecular formula is C11H12N2O2. The number of benzene rings is 1. The molecule has 1 N–H and O–H groups in total. The standard InChI is InChI=1S/C11H12N2O2/c1-3-9-7(2)12-11-5-4-8(13(14)15)6-10(9)11/h4-6,12H,3H2,1-2H3. The third kappa shape index (κ3) is 1.48. The molecule has 1 aromatic carbocycles. The molecule has 15 heavy (non-hydrogen) atoms. The molecule has 4 heteroatoms. The van der Waals surface area contributed by atoms with Gasteiger partial charge in [-0.3, -0.25) is 10.1 Å². The van der Waals surface area contributed by atoms with E-state index < -0.39 is 0 Å². The molecular weight excluding hydrogens is 192 g/mol. The van der Waals surface area contributed by atoms with Crippen LogP contribution in [0.4, 0.5) is 5.69 Å². The van der Waals surface area contributed by atoms with Crippen molar-refractivity contribution in [3.8, 4) is 0 Å². The summed E-state index contributed by atoms with van der Waals surface area (Å²) in [6, 6.07) is 4.93. The maximum Gasteiger partial charge on any atom is 0.270 e. The minimum absolute atomic E-state index is 0.149. The molecule has 0 aliphatic rings. The molecule has 1 aromatic heterocycles. The molecule has 0 saturated heterocycles. The van der Waals surface area contributed by atoms with Gasteiger partial charge in [-0.1, -0.05) is 6.92 Å². The highest BCUT2D eigenvalue weighted by molar-refractivity contribution is 5.86. The molecule has 0 fully saturated rings. The van der Waals surface area contributed by atoms with Crippen LogP contribution in [-0.4, -0.2) is 9.91 Å². The summed E-state index contributed by atoms with van der Waals surface area (Å²) in [6.45, 7) is 4.04. The molecule has 78 valence electrons. The van der Waals surface area contributed by atoms with Crippen molar-refractivity contribution >= 4 is 16.6 Å². The van der Waals surface area contributed by atoms with Crippen molar-refractivity contribution in [3.05, 3.63) is 39.6 Å². The Labute approximate surface area is 87.1 Å². The number of H-pyrrole nitrogens is 1. The van der Waals surface area contributed by atoms with E-state index in [2.05, 4.69) is 11.9 Å². The summed E-state index contributed by atoms with van der Waals surface area (Å²) in [4.78, 5) is 13.5. The topological polar surface area (TPSA) is 58.9 Å². The second-order valence-corrected chi connectivity index (χ2v) is 3.57. The third-order valence-corrected chi connectivity index (χ3v) is 2.67. The third-order valence-electron chi connectivity index (χ3n) is 2.67. The van der Waals surface area contributed by atoms with E-state index in [9.17, 15) is 10.1 Å². The van der Waals surface area contributed by atoms with Gasteiger partial charge in [0.25, 0.3) is 5.69 Å². The Morgan fingerprint density at radius 2 is 2.20 bits per heavy atom. The van der Waals surface area contributed by atoms with Crippen molar-refractivity contribution in [2.75, 3.05) is 0 Å². The van der Waals surface area contributed by atoms with Crippen molar-refractivity contribution in [2.24, 2.45) is 0 Å². The average Bonchev–Trinajstić information content (AvgIpc) is 2.51. The van der Waals surface area contributed by atoms with Crippen molar-refractivity contribution in [1.82, 2.24) is 4.98 Å². The molecule has 1 heterocycles. The van der Waals surface area contributed by atoms with Crippen molar-refractivity contribution < 1.29 is 4.92 Å². The molecule has 0 aliphatic carbocycles. The highest BCUT2D eigenvalue weighted by Crippen LogP contribution is 2.26. The number of nitro groups is 1. The number of aromatic nitrogens is 1. The van der Waals surface area contributed by atoms with Gasteiger partial charge in [0.05, 0.1) is 4.92 Å². The van der Waals surface area contributed by atoms with Crippen LogP contribution in [0.3, 0.4) is 0 Å². The van der Waals surface area contributed by atoms with Crippen LogP contribution < -0.4 is 0 Å². The zero-order valence-corrected chi connectivity index (χ0v) is 8.70. The highest BCUT2D eigenvalue weighted by atomic mass is 16.6. The van der Waals surface area contributed by atoms with Gasteiger partial charge in [-0.15, -0.1) is 0 Å². The molecule has 0 aliphatic heterocycles. The van der Waals surface area contributed by atoms with Crippen LogP contribution in [-0.2, 0) is 6.42 Å². The number of aromatic amines is 1. The van der Waals surface area contributed by atoms with Crippen LogP contribution in [0, 0.1) is 17.0 Å². The first-order valence-electron chi connectivity index (χ1n) is 4.89.